The van der Waals surface area contributed by atoms with Crippen LogP contribution in [0.15, 0.2) is 73.3 Å². The first-order valence-corrected chi connectivity index (χ1v) is 19.2. The summed E-state index contributed by atoms with van der Waals surface area (Å²) in [4.78, 5) is 12.1. The third-order valence-corrected chi connectivity index (χ3v) is 15.1. The Kier molecular flexibility index (Phi) is 16.6. The molecule has 0 aliphatic rings. The zero-order valence-electron chi connectivity index (χ0n) is 24.8. The standard InChI is InChI=1S/C32H41Cl7O3Si/c1-5-25(33)29(42-30(40)32(37,38)39)28(36)27(35)26(34)21-15-7-6-8-16-22-41-43(31(2,3)4,23-17-11-9-12-18-23)24-19-13-10-14-20-24/h5,9-14,17-20,25-29H,1,6-8,15-16,21-22H2,2-4H3/t25?,26-,27+,28-,29-/m1/s1. The van der Waals surface area contributed by atoms with E-state index in [-0.39, 0.29) is 5.04 Å². The molecule has 0 aromatic heterocycles. The number of carbonyl (C=O) groups excluding carboxylic acids is 1. The highest BCUT2D eigenvalue weighted by molar-refractivity contribution is 6.99. The Morgan fingerprint density at radius 2 is 1.30 bits per heavy atom. The van der Waals surface area contributed by atoms with E-state index >= 15 is 0 Å². The van der Waals surface area contributed by atoms with Crippen molar-refractivity contribution in [3.05, 3.63) is 73.3 Å². The fraction of sp³-hybridized carbons (Fsp3) is 0.531. The van der Waals surface area contributed by atoms with E-state index in [0.717, 1.165) is 32.1 Å². The summed E-state index contributed by atoms with van der Waals surface area (Å²) in [6, 6.07) is 21.3. The number of hydrogen-bond donors (Lipinski definition) is 0. The van der Waals surface area contributed by atoms with Crippen molar-refractivity contribution in [3.63, 3.8) is 0 Å². The Hall–Kier alpha value is -0.143. The summed E-state index contributed by atoms with van der Waals surface area (Å²) in [6.45, 7) is 11.2. The van der Waals surface area contributed by atoms with Gasteiger partial charge < -0.3 is 9.16 Å². The molecule has 5 atom stereocenters. The average molecular weight is 750 g/mol. The van der Waals surface area contributed by atoms with Gasteiger partial charge in [0.25, 0.3) is 12.1 Å². The third-order valence-electron chi connectivity index (χ3n) is 7.34. The van der Waals surface area contributed by atoms with Crippen molar-refractivity contribution < 1.29 is 14.0 Å². The molecule has 0 saturated carbocycles. The average Bonchev–Trinajstić information content (AvgIpc) is 2.97. The van der Waals surface area contributed by atoms with Crippen molar-refractivity contribution in [3.8, 4) is 0 Å². The molecule has 0 heterocycles. The van der Waals surface area contributed by atoms with Gasteiger partial charge in [-0.15, -0.1) is 53.0 Å². The van der Waals surface area contributed by atoms with E-state index in [1.54, 1.807) is 0 Å². The number of hydrogen-bond acceptors (Lipinski definition) is 3. The lowest BCUT2D eigenvalue weighted by atomic mass is 10.0. The van der Waals surface area contributed by atoms with Crippen LogP contribution in [-0.4, -0.2) is 52.3 Å². The minimum Gasteiger partial charge on any atom is -0.456 e. The normalized spacial score (nSPS) is 16.1. The van der Waals surface area contributed by atoms with Crippen LogP contribution < -0.4 is 10.4 Å². The second-order valence-electron chi connectivity index (χ2n) is 11.5. The van der Waals surface area contributed by atoms with E-state index in [2.05, 4.69) is 88.0 Å². The smallest absolute Gasteiger partial charge is 0.358 e. The number of halogens is 7. The summed E-state index contributed by atoms with van der Waals surface area (Å²) in [6.07, 6.45) is 5.80. The summed E-state index contributed by atoms with van der Waals surface area (Å²) in [5.74, 6) is -1.10. The predicted molar refractivity (Wildman–Crippen MR) is 190 cm³/mol. The first-order valence-electron chi connectivity index (χ1n) is 14.4. The van der Waals surface area contributed by atoms with Crippen LogP contribution >= 0.6 is 81.2 Å². The lowest BCUT2D eigenvalue weighted by Crippen LogP contribution is -2.66. The molecule has 2 aromatic rings. The molecule has 2 rings (SSSR count). The molecule has 3 nitrogen and oxygen atoms in total. The molecule has 0 fully saturated rings. The van der Waals surface area contributed by atoms with Crippen molar-refractivity contribution in [1.82, 2.24) is 0 Å². The van der Waals surface area contributed by atoms with Crippen molar-refractivity contribution >= 4 is 106 Å². The molecule has 2 aromatic carbocycles. The fourth-order valence-corrected chi connectivity index (χ4v) is 11.2. The fourth-order valence-electron chi connectivity index (χ4n) is 5.13. The first-order chi connectivity index (χ1) is 20.2. The van der Waals surface area contributed by atoms with E-state index < -0.39 is 45.7 Å². The van der Waals surface area contributed by atoms with E-state index in [0.29, 0.717) is 13.0 Å². The molecule has 0 radical (unpaired) electrons. The molecule has 43 heavy (non-hydrogen) atoms. The molecule has 1 unspecified atom stereocenters. The maximum atomic E-state index is 12.1. The molecule has 0 spiro atoms. The molecule has 240 valence electrons. The van der Waals surface area contributed by atoms with Gasteiger partial charge in [-0.1, -0.05) is 148 Å². The van der Waals surface area contributed by atoms with Crippen LogP contribution in [0, 0.1) is 0 Å². The van der Waals surface area contributed by atoms with Crippen LogP contribution in [0.25, 0.3) is 0 Å². The molecule has 0 amide bonds. The van der Waals surface area contributed by atoms with Gasteiger partial charge in [0, 0.05) is 6.61 Å². The maximum Gasteiger partial charge on any atom is 0.358 e. The molecular weight excluding hydrogens is 709 g/mol. The van der Waals surface area contributed by atoms with Crippen LogP contribution in [0.2, 0.25) is 5.04 Å². The van der Waals surface area contributed by atoms with Gasteiger partial charge in [0.2, 0.25) is 0 Å². The largest absolute Gasteiger partial charge is 0.456 e. The van der Waals surface area contributed by atoms with E-state index in [4.69, 9.17) is 90.4 Å². The zero-order valence-corrected chi connectivity index (χ0v) is 31.1. The summed E-state index contributed by atoms with van der Waals surface area (Å²) < 4.78 is 9.96. The lowest BCUT2D eigenvalue weighted by Gasteiger charge is -2.43. The highest BCUT2D eigenvalue weighted by atomic mass is 35.6. The zero-order chi connectivity index (χ0) is 32.3. The minimum absolute atomic E-state index is 0.0447. The van der Waals surface area contributed by atoms with Crippen molar-refractivity contribution in [2.75, 3.05) is 6.61 Å². The predicted octanol–water partition coefficient (Wildman–Crippen LogP) is 9.80. The Balaban J connectivity index is 1.88. The van der Waals surface area contributed by atoms with E-state index in [1.807, 2.05) is 0 Å². The number of esters is 1. The molecule has 0 N–H and O–H groups in total. The summed E-state index contributed by atoms with van der Waals surface area (Å²) in [5.41, 5.74) is 0. The van der Waals surface area contributed by atoms with E-state index in [9.17, 15) is 4.79 Å². The Labute approximate surface area is 293 Å². The minimum atomic E-state index is -2.52. The number of rotatable bonds is 17. The molecule has 0 bridgehead atoms. The van der Waals surface area contributed by atoms with Gasteiger partial charge >= 0.3 is 5.97 Å². The Bertz CT molecular complexity index is 1070. The first kappa shape index (κ1) is 39.0. The number of benzene rings is 2. The molecule has 0 aliphatic heterocycles. The van der Waals surface area contributed by atoms with Gasteiger partial charge in [-0.2, -0.15) is 0 Å². The topological polar surface area (TPSA) is 35.5 Å². The number of carbonyl (C=O) groups is 1. The van der Waals surface area contributed by atoms with Gasteiger partial charge in [0.05, 0.1) is 21.5 Å². The number of ether oxygens (including phenoxy) is 1. The molecule has 0 saturated heterocycles. The Morgan fingerprint density at radius 1 is 0.814 bits per heavy atom. The summed E-state index contributed by atoms with van der Waals surface area (Å²) >= 11 is 42.9. The lowest BCUT2D eigenvalue weighted by molar-refractivity contribution is -0.147. The van der Waals surface area contributed by atoms with Gasteiger partial charge in [-0.3, -0.25) is 0 Å². The van der Waals surface area contributed by atoms with Gasteiger partial charge in [0.1, 0.15) is 6.10 Å². The Morgan fingerprint density at radius 3 is 1.77 bits per heavy atom. The van der Waals surface area contributed by atoms with Crippen LogP contribution in [0.3, 0.4) is 0 Å². The van der Waals surface area contributed by atoms with E-state index in [1.165, 1.54) is 16.4 Å². The third kappa shape index (κ3) is 11.3. The quantitative estimate of drug-likeness (QED) is 0.0532. The van der Waals surface area contributed by atoms with Crippen molar-refractivity contribution in [2.24, 2.45) is 0 Å². The molecular formula is C32H41Cl7O3Si. The number of unbranched alkanes of at least 4 members (excludes halogenated alkanes) is 4. The van der Waals surface area contributed by atoms with Gasteiger partial charge in [-0.25, -0.2) is 4.79 Å². The SMILES string of the molecule is C=CC(Cl)[C@@H](OC(=O)C(Cl)(Cl)Cl)[C@H](Cl)[C@@H](Cl)[C@H](Cl)CCCCCCCO[Si](c1ccccc1)(c1ccccc1)C(C)(C)C. The summed E-state index contributed by atoms with van der Waals surface area (Å²) in [5, 5.41) is -0.491. The number of alkyl halides is 7. The highest BCUT2D eigenvalue weighted by Gasteiger charge is 2.50. The van der Waals surface area contributed by atoms with Crippen LogP contribution in [0.4, 0.5) is 0 Å². The van der Waals surface area contributed by atoms with Crippen molar-refractivity contribution in [1.29, 1.82) is 0 Å². The highest BCUT2D eigenvalue weighted by Crippen LogP contribution is 2.37. The second kappa shape index (κ2) is 18.3. The monoisotopic (exact) mass is 746 g/mol. The molecule has 11 heteroatoms. The second-order valence-corrected chi connectivity index (χ2v) is 20.2. The molecule has 0 aliphatic carbocycles. The summed E-state index contributed by atoms with van der Waals surface area (Å²) in [7, 11) is -2.52. The van der Waals surface area contributed by atoms with Crippen LogP contribution in [0.1, 0.15) is 59.3 Å². The van der Waals surface area contributed by atoms with Gasteiger partial charge in [0.15, 0.2) is 0 Å². The van der Waals surface area contributed by atoms with Crippen molar-refractivity contribution in [2.45, 2.75) is 95.7 Å². The van der Waals surface area contributed by atoms with Gasteiger partial charge in [-0.05, 0) is 28.3 Å². The van der Waals surface area contributed by atoms with Crippen LogP contribution in [-0.2, 0) is 14.0 Å². The maximum absolute atomic E-state index is 12.1. The van der Waals surface area contributed by atoms with Crippen LogP contribution in [0.5, 0.6) is 0 Å².